The molecule has 0 aliphatic carbocycles. The molecule has 3 aromatic heterocycles. The number of rotatable bonds is 5. The number of aromatic carboxylic acids is 1. The summed E-state index contributed by atoms with van der Waals surface area (Å²) in [7, 11) is 1.56. The maximum Gasteiger partial charge on any atom is 0.352 e. The summed E-state index contributed by atoms with van der Waals surface area (Å²) in [6, 6.07) is 12.5. The lowest BCUT2D eigenvalue weighted by Crippen LogP contribution is -2.09. The summed E-state index contributed by atoms with van der Waals surface area (Å²) < 4.78 is 13.1. The fourth-order valence-corrected chi connectivity index (χ4v) is 3.89. The van der Waals surface area contributed by atoms with Crippen LogP contribution in [0, 0.1) is 0 Å². The summed E-state index contributed by atoms with van der Waals surface area (Å²) in [5.74, 6) is 0.206. The topological polar surface area (TPSA) is 77.5 Å². The lowest BCUT2D eigenvalue weighted by Gasteiger charge is -2.06. The van der Waals surface area contributed by atoms with Gasteiger partial charge in [-0.1, -0.05) is 22.8 Å². The van der Waals surface area contributed by atoms with Gasteiger partial charge in [0.15, 0.2) is 5.76 Å². The Morgan fingerprint density at radius 1 is 1.35 bits per heavy atom. The van der Waals surface area contributed by atoms with Gasteiger partial charge in [-0.15, -0.1) is 11.3 Å². The number of nitrogens with zero attached hydrogens (tertiary/aromatic N) is 2. The van der Waals surface area contributed by atoms with E-state index in [0.29, 0.717) is 21.5 Å². The molecule has 1 aromatic carbocycles. The number of hydrogen-bond acceptors (Lipinski definition) is 5. The number of benzene rings is 1. The quantitative estimate of drug-likeness (QED) is 0.533. The highest BCUT2D eigenvalue weighted by Gasteiger charge is 2.19. The minimum absolute atomic E-state index is 0.160. The van der Waals surface area contributed by atoms with Crippen molar-refractivity contribution in [2.75, 3.05) is 7.11 Å². The summed E-state index contributed by atoms with van der Waals surface area (Å²) in [6.45, 7) is 0.265. The van der Waals surface area contributed by atoms with Crippen molar-refractivity contribution >= 4 is 39.8 Å². The molecule has 0 amide bonds. The van der Waals surface area contributed by atoms with Crippen LogP contribution in [0.3, 0.4) is 0 Å². The largest absolute Gasteiger partial charge is 0.496 e. The van der Waals surface area contributed by atoms with Crippen LogP contribution in [0.15, 0.2) is 47.0 Å². The Bertz CT molecular complexity index is 1110. The molecule has 0 spiro atoms. The molecule has 1 N–H and O–H groups in total. The van der Waals surface area contributed by atoms with Gasteiger partial charge in [-0.2, -0.15) is 0 Å². The number of carboxylic acid groups (broad SMARTS) is 1. The third-order valence-corrected chi connectivity index (χ3v) is 5.29. The Morgan fingerprint density at radius 3 is 2.88 bits per heavy atom. The van der Waals surface area contributed by atoms with E-state index >= 15 is 0 Å². The highest BCUT2D eigenvalue weighted by Crippen LogP contribution is 2.33. The molecular formula is C18H13ClN2O4S. The van der Waals surface area contributed by atoms with Gasteiger partial charge in [0, 0.05) is 11.5 Å². The van der Waals surface area contributed by atoms with Crippen molar-refractivity contribution in [2.45, 2.75) is 6.54 Å². The standard InChI is InChI=1S/C18H13ClN2O4S/c1-24-14-4-2-3-12-11(14)8-13(18(22)23)21(12)9-10-7-15(25-20-10)16-5-6-17(19)26-16/h2-8H,9H2,1H3,(H,22,23). The van der Waals surface area contributed by atoms with Crippen LogP contribution in [-0.2, 0) is 6.54 Å². The van der Waals surface area contributed by atoms with E-state index in [1.54, 1.807) is 35.9 Å². The average molecular weight is 389 g/mol. The van der Waals surface area contributed by atoms with Crippen LogP contribution < -0.4 is 4.74 Å². The normalized spacial score (nSPS) is 11.2. The van der Waals surface area contributed by atoms with Crippen LogP contribution in [0.25, 0.3) is 21.5 Å². The van der Waals surface area contributed by atoms with E-state index in [2.05, 4.69) is 5.16 Å². The zero-order chi connectivity index (χ0) is 18.3. The number of hydrogen-bond donors (Lipinski definition) is 1. The third-order valence-electron chi connectivity index (χ3n) is 4.04. The highest BCUT2D eigenvalue weighted by atomic mass is 35.5. The van der Waals surface area contributed by atoms with Gasteiger partial charge in [-0.05, 0) is 30.3 Å². The predicted molar refractivity (Wildman–Crippen MR) is 99.4 cm³/mol. The fraction of sp³-hybridized carbons (Fsp3) is 0.111. The smallest absolute Gasteiger partial charge is 0.352 e. The number of thiophene rings is 1. The van der Waals surface area contributed by atoms with Crippen molar-refractivity contribution in [3.05, 3.63) is 58.2 Å². The van der Waals surface area contributed by atoms with Gasteiger partial charge in [-0.25, -0.2) is 4.79 Å². The van der Waals surface area contributed by atoms with E-state index < -0.39 is 5.97 Å². The predicted octanol–water partition coefficient (Wildman–Crippen LogP) is 4.77. The molecule has 0 saturated heterocycles. The Balaban J connectivity index is 1.76. The molecule has 0 fully saturated rings. The van der Waals surface area contributed by atoms with E-state index in [-0.39, 0.29) is 12.2 Å². The summed E-state index contributed by atoms with van der Waals surface area (Å²) >= 11 is 7.35. The van der Waals surface area contributed by atoms with Gasteiger partial charge >= 0.3 is 5.97 Å². The van der Waals surface area contributed by atoms with Crippen LogP contribution in [-0.4, -0.2) is 27.9 Å². The van der Waals surface area contributed by atoms with Crippen molar-refractivity contribution in [1.82, 2.24) is 9.72 Å². The van der Waals surface area contributed by atoms with Gasteiger partial charge in [0.2, 0.25) is 0 Å². The van der Waals surface area contributed by atoms with Crippen LogP contribution in [0.1, 0.15) is 16.2 Å². The second-order valence-electron chi connectivity index (χ2n) is 5.60. The molecule has 4 aromatic rings. The lowest BCUT2D eigenvalue weighted by molar-refractivity contribution is 0.0686. The van der Waals surface area contributed by atoms with Gasteiger partial charge in [0.1, 0.15) is 17.1 Å². The Kier molecular flexibility index (Phi) is 4.18. The zero-order valence-electron chi connectivity index (χ0n) is 13.6. The SMILES string of the molecule is COc1cccc2c1cc(C(=O)O)n2Cc1cc(-c2ccc(Cl)s2)on1. The molecule has 0 radical (unpaired) electrons. The number of fused-ring (bicyclic) bond motifs is 1. The third kappa shape index (κ3) is 2.85. The van der Waals surface area contributed by atoms with Crippen molar-refractivity contribution < 1.29 is 19.2 Å². The first kappa shape index (κ1) is 16.7. The Labute approximate surface area is 157 Å². The van der Waals surface area contributed by atoms with E-state index in [1.807, 2.05) is 18.2 Å². The van der Waals surface area contributed by atoms with Crippen molar-refractivity contribution in [1.29, 1.82) is 0 Å². The summed E-state index contributed by atoms with van der Waals surface area (Å²) in [4.78, 5) is 12.6. The fourth-order valence-electron chi connectivity index (χ4n) is 2.89. The second-order valence-corrected chi connectivity index (χ2v) is 7.32. The van der Waals surface area contributed by atoms with Crippen molar-refractivity contribution in [3.63, 3.8) is 0 Å². The van der Waals surface area contributed by atoms with Gasteiger partial charge in [0.25, 0.3) is 0 Å². The maximum atomic E-state index is 11.7. The molecule has 0 unspecified atom stereocenters. The molecule has 3 heterocycles. The molecule has 0 aliphatic heterocycles. The van der Waals surface area contributed by atoms with E-state index in [9.17, 15) is 9.90 Å². The minimum atomic E-state index is -1.02. The molecule has 8 heteroatoms. The number of methoxy groups -OCH3 is 1. The van der Waals surface area contributed by atoms with E-state index in [0.717, 1.165) is 15.8 Å². The Morgan fingerprint density at radius 2 is 2.19 bits per heavy atom. The monoisotopic (exact) mass is 388 g/mol. The van der Waals surface area contributed by atoms with Crippen LogP contribution in [0.5, 0.6) is 5.75 Å². The van der Waals surface area contributed by atoms with E-state index in [1.165, 1.54) is 11.3 Å². The molecule has 0 bridgehead atoms. The highest BCUT2D eigenvalue weighted by molar-refractivity contribution is 7.19. The zero-order valence-corrected chi connectivity index (χ0v) is 15.2. The van der Waals surface area contributed by atoms with Gasteiger partial charge in [0.05, 0.1) is 28.4 Å². The van der Waals surface area contributed by atoms with Crippen LogP contribution in [0.4, 0.5) is 0 Å². The van der Waals surface area contributed by atoms with Gasteiger partial charge in [-0.3, -0.25) is 0 Å². The lowest BCUT2D eigenvalue weighted by atomic mass is 10.2. The first-order valence-electron chi connectivity index (χ1n) is 7.67. The number of carboxylic acids is 1. The summed E-state index contributed by atoms with van der Waals surface area (Å²) in [6.07, 6.45) is 0. The molecule has 6 nitrogen and oxygen atoms in total. The average Bonchev–Trinajstić information content (AvgIpc) is 3.34. The van der Waals surface area contributed by atoms with Gasteiger partial charge < -0.3 is 18.9 Å². The van der Waals surface area contributed by atoms with E-state index in [4.69, 9.17) is 20.9 Å². The molecule has 26 heavy (non-hydrogen) atoms. The number of aromatic nitrogens is 2. The summed E-state index contributed by atoms with van der Waals surface area (Å²) in [5, 5.41) is 14.4. The summed E-state index contributed by atoms with van der Waals surface area (Å²) in [5.41, 5.74) is 1.53. The molecular weight excluding hydrogens is 376 g/mol. The molecule has 4 rings (SSSR count). The molecule has 132 valence electrons. The Hall–Kier alpha value is -2.77. The van der Waals surface area contributed by atoms with Crippen LogP contribution >= 0.6 is 22.9 Å². The first-order chi connectivity index (χ1) is 12.6. The van der Waals surface area contributed by atoms with Crippen molar-refractivity contribution in [3.8, 4) is 16.4 Å². The molecule has 0 aliphatic rings. The van der Waals surface area contributed by atoms with Crippen molar-refractivity contribution in [2.24, 2.45) is 0 Å². The van der Waals surface area contributed by atoms with Crippen LogP contribution in [0.2, 0.25) is 4.34 Å². The molecule has 0 saturated carbocycles. The minimum Gasteiger partial charge on any atom is -0.496 e. The number of halogens is 1. The molecule has 0 atom stereocenters. The number of ether oxygens (including phenoxy) is 1. The second kappa shape index (κ2) is 6.51. The maximum absolute atomic E-state index is 11.7. The first-order valence-corrected chi connectivity index (χ1v) is 8.87. The number of carbonyl (C=O) groups is 1.